The fraction of sp³-hybridized carbons (Fsp3) is 0.727. The van der Waals surface area contributed by atoms with Crippen molar-refractivity contribution in [1.29, 1.82) is 0 Å². The number of amides is 1. The first kappa shape index (κ1) is 12.4. The predicted molar refractivity (Wildman–Crippen MR) is 66.7 cm³/mol. The van der Waals surface area contributed by atoms with Crippen molar-refractivity contribution >= 4 is 17.7 Å². The van der Waals surface area contributed by atoms with Crippen molar-refractivity contribution in [2.45, 2.75) is 43.8 Å². The second-order valence-corrected chi connectivity index (χ2v) is 5.48. The molecular formula is C11H18N4OS. The number of nitrogens with one attached hydrogen (secondary N) is 2. The van der Waals surface area contributed by atoms with Crippen LogP contribution in [0.1, 0.15) is 32.6 Å². The monoisotopic (exact) mass is 254 g/mol. The van der Waals surface area contributed by atoms with Gasteiger partial charge in [-0.25, -0.2) is 4.98 Å². The Morgan fingerprint density at radius 1 is 1.59 bits per heavy atom. The lowest BCUT2D eigenvalue weighted by Gasteiger charge is -2.29. The molecule has 6 heteroatoms. The molecule has 5 nitrogen and oxygen atoms in total. The molecule has 94 valence electrons. The maximum absolute atomic E-state index is 11.8. The molecule has 0 saturated heterocycles. The fourth-order valence-corrected chi connectivity index (χ4v) is 2.77. The number of hydrogen-bond donors (Lipinski definition) is 2. The van der Waals surface area contributed by atoms with Crippen LogP contribution in [0, 0.1) is 5.92 Å². The van der Waals surface area contributed by atoms with E-state index in [2.05, 4.69) is 27.4 Å². The van der Waals surface area contributed by atoms with E-state index in [4.69, 9.17) is 0 Å². The Labute approximate surface area is 105 Å². The van der Waals surface area contributed by atoms with E-state index in [-0.39, 0.29) is 5.91 Å². The van der Waals surface area contributed by atoms with Gasteiger partial charge in [0.1, 0.15) is 6.33 Å². The van der Waals surface area contributed by atoms with Gasteiger partial charge in [0.05, 0.1) is 5.75 Å². The summed E-state index contributed by atoms with van der Waals surface area (Å²) in [7, 11) is 0. The minimum absolute atomic E-state index is 0.0881. The summed E-state index contributed by atoms with van der Waals surface area (Å²) in [5.74, 6) is 1.09. The number of nitrogens with zero attached hydrogens (tertiary/aromatic N) is 2. The van der Waals surface area contributed by atoms with Gasteiger partial charge in [0.2, 0.25) is 5.91 Å². The number of H-pyrrole nitrogens is 1. The third kappa shape index (κ3) is 3.73. The molecule has 1 saturated carbocycles. The Hall–Kier alpha value is -1.04. The lowest BCUT2D eigenvalue weighted by Crippen LogP contribution is -2.41. The van der Waals surface area contributed by atoms with Crippen LogP contribution in [0.3, 0.4) is 0 Å². The van der Waals surface area contributed by atoms with Crippen molar-refractivity contribution < 1.29 is 4.79 Å². The topological polar surface area (TPSA) is 70.7 Å². The summed E-state index contributed by atoms with van der Waals surface area (Å²) < 4.78 is 0. The van der Waals surface area contributed by atoms with Crippen LogP contribution in [-0.4, -0.2) is 32.9 Å². The van der Waals surface area contributed by atoms with Gasteiger partial charge < -0.3 is 5.32 Å². The van der Waals surface area contributed by atoms with Crippen LogP contribution < -0.4 is 5.32 Å². The molecule has 0 bridgehead atoms. The van der Waals surface area contributed by atoms with Crippen LogP contribution in [0.15, 0.2) is 11.5 Å². The zero-order chi connectivity index (χ0) is 12.1. The Bertz CT molecular complexity index is 354. The highest BCUT2D eigenvalue weighted by molar-refractivity contribution is 7.99. The molecule has 1 fully saturated rings. The Balaban J connectivity index is 1.73. The van der Waals surface area contributed by atoms with Gasteiger partial charge in [-0.05, 0) is 18.8 Å². The van der Waals surface area contributed by atoms with Crippen molar-refractivity contribution in [1.82, 2.24) is 20.5 Å². The van der Waals surface area contributed by atoms with Crippen LogP contribution in [0.2, 0.25) is 0 Å². The van der Waals surface area contributed by atoms with Crippen molar-refractivity contribution in [2.24, 2.45) is 5.92 Å². The molecule has 1 aliphatic rings. The first-order valence-corrected chi connectivity index (χ1v) is 7.02. The maximum atomic E-state index is 11.8. The van der Waals surface area contributed by atoms with Crippen molar-refractivity contribution in [3.63, 3.8) is 0 Å². The van der Waals surface area contributed by atoms with Gasteiger partial charge in [-0.3, -0.25) is 9.89 Å². The zero-order valence-corrected chi connectivity index (χ0v) is 10.8. The molecule has 0 unspecified atom stereocenters. The molecule has 0 aliphatic heterocycles. The molecular weight excluding hydrogens is 236 g/mol. The quantitative estimate of drug-likeness (QED) is 0.801. The molecule has 1 heterocycles. The number of aromatic amines is 1. The number of hydrogen-bond acceptors (Lipinski definition) is 4. The van der Waals surface area contributed by atoms with Crippen LogP contribution in [-0.2, 0) is 4.79 Å². The van der Waals surface area contributed by atoms with Crippen molar-refractivity contribution in [2.75, 3.05) is 5.75 Å². The van der Waals surface area contributed by atoms with E-state index in [0.29, 0.717) is 22.9 Å². The van der Waals surface area contributed by atoms with Gasteiger partial charge in [-0.15, -0.1) is 0 Å². The summed E-state index contributed by atoms with van der Waals surface area (Å²) in [6.07, 6.45) is 6.30. The van der Waals surface area contributed by atoms with Crippen LogP contribution in [0.4, 0.5) is 0 Å². The normalized spacial score (nSPS) is 24.5. The Morgan fingerprint density at radius 2 is 2.41 bits per heavy atom. The average Bonchev–Trinajstić information content (AvgIpc) is 2.82. The summed E-state index contributed by atoms with van der Waals surface area (Å²) in [6, 6.07) is 0.353. The molecule has 2 rings (SSSR count). The van der Waals surface area contributed by atoms with Gasteiger partial charge >= 0.3 is 0 Å². The number of aromatic nitrogens is 3. The summed E-state index contributed by atoms with van der Waals surface area (Å²) in [5, 5.41) is 10.3. The molecule has 2 atom stereocenters. The van der Waals surface area contributed by atoms with Crippen LogP contribution in [0.25, 0.3) is 0 Å². The molecule has 1 aromatic rings. The molecule has 1 amide bonds. The molecule has 0 aromatic carbocycles. The maximum Gasteiger partial charge on any atom is 0.230 e. The number of thioether (sulfide) groups is 1. The summed E-state index contributed by atoms with van der Waals surface area (Å²) in [6.45, 7) is 2.22. The first-order valence-electron chi connectivity index (χ1n) is 6.03. The molecule has 17 heavy (non-hydrogen) atoms. The summed E-state index contributed by atoms with van der Waals surface area (Å²) >= 11 is 1.38. The van der Waals surface area contributed by atoms with E-state index < -0.39 is 0 Å². The van der Waals surface area contributed by atoms with E-state index in [1.807, 2.05) is 0 Å². The van der Waals surface area contributed by atoms with E-state index >= 15 is 0 Å². The van der Waals surface area contributed by atoms with Gasteiger partial charge in [0.25, 0.3) is 0 Å². The van der Waals surface area contributed by atoms with E-state index in [1.165, 1.54) is 37.4 Å². The highest BCUT2D eigenvalue weighted by Crippen LogP contribution is 2.23. The molecule has 2 N–H and O–H groups in total. The van der Waals surface area contributed by atoms with E-state index in [0.717, 1.165) is 6.42 Å². The number of rotatable bonds is 4. The lowest BCUT2D eigenvalue weighted by molar-refractivity contribution is -0.119. The summed E-state index contributed by atoms with van der Waals surface area (Å²) in [4.78, 5) is 15.7. The second-order valence-electron chi connectivity index (χ2n) is 4.52. The minimum atomic E-state index is 0.0881. The molecule has 0 spiro atoms. The second kappa shape index (κ2) is 6.05. The SMILES string of the molecule is C[C@H]1CCCC[C@H]1NC(=O)CSc1ncn[nH]1. The third-order valence-corrected chi connectivity index (χ3v) is 4.07. The standard InChI is InChI=1S/C11H18N4OS/c1-8-4-2-3-5-9(8)14-10(16)6-17-11-12-7-13-15-11/h7-9H,2-6H2,1H3,(H,14,16)(H,12,13,15)/t8-,9+/m0/s1. The number of carbonyl (C=O) groups excluding carboxylic acids is 1. The molecule has 0 radical (unpaired) electrons. The number of carbonyl (C=O) groups is 1. The van der Waals surface area contributed by atoms with Crippen molar-refractivity contribution in [3.05, 3.63) is 6.33 Å². The smallest absolute Gasteiger partial charge is 0.230 e. The van der Waals surface area contributed by atoms with Gasteiger partial charge in [0.15, 0.2) is 5.16 Å². The van der Waals surface area contributed by atoms with Crippen molar-refractivity contribution in [3.8, 4) is 0 Å². The van der Waals surface area contributed by atoms with Gasteiger partial charge in [-0.2, -0.15) is 5.10 Å². The zero-order valence-electron chi connectivity index (χ0n) is 9.98. The van der Waals surface area contributed by atoms with Gasteiger partial charge in [0, 0.05) is 6.04 Å². The largest absolute Gasteiger partial charge is 0.352 e. The predicted octanol–water partition coefficient (Wildman–Crippen LogP) is 1.59. The Kier molecular flexibility index (Phi) is 4.42. The Morgan fingerprint density at radius 3 is 3.12 bits per heavy atom. The van der Waals surface area contributed by atoms with E-state index in [9.17, 15) is 4.79 Å². The van der Waals surface area contributed by atoms with Crippen LogP contribution in [0.5, 0.6) is 0 Å². The summed E-state index contributed by atoms with van der Waals surface area (Å²) in [5.41, 5.74) is 0. The molecule has 1 aromatic heterocycles. The average molecular weight is 254 g/mol. The first-order chi connectivity index (χ1) is 8.25. The third-order valence-electron chi connectivity index (χ3n) is 3.19. The van der Waals surface area contributed by atoms with Crippen LogP contribution >= 0.6 is 11.8 Å². The highest BCUT2D eigenvalue weighted by Gasteiger charge is 2.22. The van der Waals surface area contributed by atoms with E-state index in [1.54, 1.807) is 0 Å². The minimum Gasteiger partial charge on any atom is -0.352 e. The highest BCUT2D eigenvalue weighted by atomic mass is 32.2. The molecule has 1 aliphatic carbocycles. The fourth-order valence-electron chi connectivity index (χ4n) is 2.18. The van der Waals surface area contributed by atoms with Gasteiger partial charge in [-0.1, -0.05) is 31.5 Å². The lowest BCUT2D eigenvalue weighted by atomic mass is 9.86.